The van der Waals surface area contributed by atoms with Gasteiger partial charge in [-0.2, -0.15) is 0 Å². The van der Waals surface area contributed by atoms with Gasteiger partial charge in [0.25, 0.3) is 0 Å². The maximum Gasteiger partial charge on any atom is 0.137 e. The number of aromatic nitrogens is 2. The second kappa shape index (κ2) is 4.90. The molecule has 0 saturated carbocycles. The highest BCUT2D eigenvalue weighted by molar-refractivity contribution is 9.10. The van der Waals surface area contributed by atoms with Crippen molar-refractivity contribution in [1.29, 1.82) is 0 Å². The fraction of sp³-hybridized carbons (Fsp3) is 0. The molecule has 0 saturated heterocycles. The number of nitrogens with two attached hydrogens (primary N) is 1. The predicted octanol–water partition coefficient (Wildman–Crippen LogP) is 4.09. The van der Waals surface area contributed by atoms with Crippen molar-refractivity contribution in [2.75, 3.05) is 5.73 Å². The van der Waals surface area contributed by atoms with E-state index in [0.29, 0.717) is 0 Å². The lowest BCUT2D eigenvalue weighted by Crippen LogP contribution is -1.86. The first-order chi connectivity index (χ1) is 9.24. The summed E-state index contributed by atoms with van der Waals surface area (Å²) in [5.41, 5.74) is 9.57. The minimum Gasteiger partial charge on any atom is -0.399 e. The minimum atomic E-state index is 0.733. The SMILES string of the molecule is Nc1cccc(-c2ncc(-c3ccccc3Br)[nH]2)c1. The van der Waals surface area contributed by atoms with Gasteiger partial charge < -0.3 is 10.7 Å². The van der Waals surface area contributed by atoms with Crippen LogP contribution in [0, 0.1) is 0 Å². The zero-order valence-electron chi connectivity index (χ0n) is 10.1. The molecule has 1 aromatic heterocycles. The van der Waals surface area contributed by atoms with E-state index in [1.54, 1.807) is 0 Å². The molecule has 0 bridgehead atoms. The van der Waals surface area contributed by atoms with Gasteiger partial charge in [0.1, 0.15) is 5.82 Å². The summed E-state index contributed by atoms with van der Waals surface area (Å²) in [6, 6.07) is 15.7. The van der Waals surface area contributed by atoms with Crippen molar-refractivity contribution in [2.24, 2.45) is 0 Å². The molecule has 0 aliphatic heterocycles. The number of benzene rings is 2. The lowest BCUT2D eigenvalue weighted by Gasteiger charge is -2.01. The monoisotopic (exact) mass is 313 g/mol. The Morgan fingerprint density at radius 2 is 1.89 bits per heavy atom. The smallest absolute Gasteiger partial charge is 0.137 e. The van der Waals surface area contributed by atoms with Gasteiger partial charge in [-0.25, -0.2) is 4.98 Å². The second-order valence-electron chi connectivity index (χ2n) is 4.25. The lowest BCUT2D eigenvalue weighted by atomic mass is 10.2. The molecule has 3 nitrogen and oxygen atoms in total. The molecule has 0 spiro atoms. The first-order valence-electron chi connectivity index (χ1n) is 5.90. The number of nitrogen functional groups attached to an aromatic ring is 1. The van der Waals surface area contributed by atoms with E-state index in [1.807, 2.05) is 54.7 Å². The van der Waals surface area contributed by atoms with Gasteiger partial charge in [-0.05, 0) is 18.2 Å². The lowest BCUT2D eigenvalue weighted by molar-refractivity contribution is 1.31. The number of nitrogens with zero attached hydrogens (tertiary/aromatic N) is 1. The first-order valence-corrected chi connectivity index (χ1v) is 6.69. The van der Waals surface area contributed by atoms with E-state index in [2.05, 4.69) is 25.9 Å². The van der Waals surface area contributed by atoms with Gasteiger partial charge in [-0.3, -0.25) is 0 Å². The highest BCUT2D eigenvalue weighted by Crippen LogP contribution is 2.28. The number of hydrogen-bond acceptors (Lipinski definition) is 2. The maximum atomic E-state index is 5.79. The van der Waals surface area contributed by atoms with Crippen LogP contribution in [0.25, 0.3) is 22.6 Å². The van der Waals surface area contributed by atoms with E-state index in [-0.39, 0.29) is 0 Å². The van der Waals surface area contributed by atoms with Crippen LogP contribution in [0.4, 0.5) is 5.69 Å². The fourth-order valence-corrected chi connectivity index (χ4v) is 2.47. The molecule has 1 heterocycles. The fourth-order valence-electron chi connectivity index (χ4n) is 1.97. The summed E-state index contributed by atoms with van der Waals surface area (Å²) in [6.45, 7) is 0. The Morgan fingerprint density at radius 3 is 2.68 bits per heavy atom. The number of hydrogen-bond donors (Lipinski definition) is 2. The first kappa shape index (κ1) is 12.0. The zero-order chi connectivity index (χ0) is 13.2. The van der Waals surface area contributed by atoms with Crippen LogP contribution in [0.1, 0.15) is 0 Å². The summed E-state index contributed by atoms with van der Waals surface area (Å²) in [5.74, 6) is 0.818. The van der Waals surface area contributed by atoms with Crippen molar-refractivity contribution in [3.05, 3.63) is 59.2 Å². The van der Waals surface area contributed by atoms with Crippen molar-refractivity contribution >= 4 is 21.6 Å². The van der Waals surface area contributed by atoms with Crippen LogP contribution in [0.5, 0.6) is 0 Å². The average Bonchev–Trinajstić information content (AvgIpc) is 2.89. The van der Waals surface area contributed by atoms with Crippen molar-refractivity contribution in [2.45, 2.75) is 0 Å². The maximum absolute atomic E-state index is 5.79. The summed E-state index contributed by atoms with van der Waals surface area (Å²) in [4.78, 5) is 7.73. The molecule has 0 radical (unpaired) electrons. The quantitative estimate of drug-likeness (QED) is 0.700. The van der Waals surface area contributed by atoms with Crippen LogP contribution >= 0.6 is 15.9 Å². The van der Waals surface area contributed by atoms with Gasteiger partial charge in [0.2, 0.25) is 0 Å². The van der Waals surface area contributed by atoms with Crippen LogP contribution in [0.3, 0.4) is 0 Å². The highest BCUT2D eigenvalue weighted by Gasteiger charge is 2.07. The summed E-state index contributed by atoms with van der Waals surface area (Å²) >= 11 is 3.54. The van der Waals surface area contributed by atoms with Gasteiger partial charge in [0.15, 0.2) is 0 Å². The molecule has 94 valence electrons. The minimum absolute atomic E-state index is 0.733. The predicted molar refractivity (Wildman–Crippen MR) is 81.6 cm³/mol. The molecule has 2 aromatic carbocycles. The number of halogens is 1. The molecule has 0 aliphatic rings. The van der Waals surface area contributed by atoms with Crippen LogP contribution in [0.15, 0.2) is 59.2 Å². The third kappa shape index (κ3) is 2.39. The summed E-state index contributed by atoms with van der Waals surface area (Å²) in [6.07, 6.45) is 1.83. The number of H-pyrrole nitrogens is 1. The molecule has 3 N–H and O–H groups in total. The number of imidazole rings is 1. The molecule has 19 heavy (non-hydrogen) atoms. The van der Waals surface area contributed by atoms with E-state index in [9.17, 15) is 0 Å². The van der Waals surface area contributed by atoms with E-state index in [1.165, 1.54) is 0 Å². The Morgan fingerprint density at radius 1 is 1.05 bits per heavy atom. The van der Waals surface area contributed by atoms with Crippen LogP contribution < -0.4 is 5.73 Å². The Hall–Kier alpha value is -2.07. The van der Waals surface area contributed by atoms with Gasteiger partial charge in [0.05, 0.1) is 11.9 Å². The Balaban J connectivity index is 2.03. The van der Waals surface area contributed by atoms with Crippen molar-refractivity contribution in [3.63, 3.8) is 0 Å². The number of anilines is 1. The third-order valence-electron chi connectivity index (χ3n) is 2.90. The van der Waals surface area contributed by atoms with Crippen LogP contribution in [-0.2, 0) is 0 Å². The molecule has 3 rings (SSSR count). The zero-order valence-corrected chi connectivity index (χ0v) is 11.7. The topological polar surface area (TPSA) is 54.7 Å². The normalized spacial score (nSPS) is 10.6. The molecule has 0 unspecified atom stereocenters. The van der Waals surface area contributed by atoms with Crippen molar-refractivity contribution < 1.29 is 0 Å². The molecule has 0 fully saturated rings. The van der Waals surface area contributed by atoms with E-state index >= 15 is 0 Å². The van der Waals surface area contributed by atoms with Gasteiger partial charge in [-0.1, -0.05) is 46.3 Å². The van der Waals surface area contributed by atoms with Crippen molar-refractivity contribution in [3.8, 4) is 22.6 Å². The molecular weight excluding hydrogens is 302 g/mol. The second-order valence-corrected chi connectivity index (χ2v) is 5.11. The molecule has 0 aliphatic carbocycles. The summed E-state index contributed by atoms with van der Waals surface area (Å²) in [5, 5.41) is 0. The molecule has 0 amide bonds. The standard InChI is InChI=1S/C15H12BrN3/c16-13-7-2-1-6-12(13)14-9-18-15(19-14)10-4-3-5-11(17)8-10/h1-9H,17H2,(H,18,19). The molecule has 4 heteroatoms. The summed E-state index contributed by atoms with van der Waals surface area (Å²) in [7, 11) is 0. The number of nitrogens with one attached hydrogen (secondary N) is 1. The molecule has 0 atom stereocenters. The van der Waals surface area contributed by atoms with Crippen molar-refractivity contribution in [1.82, 2.24) is 9.97 Å². The van der Waals surface area contributed by atoms with Gasteiger partial charge in [0, 0.05) is 21.3 Å². The Bertz CT molecular complexity index is 719. The highest BCUT2D eigenvalue weighted by atomic mass is 79.9. The Kier molecular flexibility index (Phi) is 3.09. The van der Waals surface area contributed by atoms with Crippen LogP contribution in [-0.4, -0.2) is 9.97 Å². The largest absolute Gasteiger partial charge is 0.399 e. The third-order valence-corrected chi connectivity index (χ3v) is 3.59. The van der Waals surface area contributed by atoms with E-state index < -0.39 is 0 Å². The van der Waals surface area contributed by atoms with Crippen LogP contribution in [0.2, 0.25) is 0 Å². The van der Waals surface area contributed by atoms with Gasteiger partial charge >= 0.3 is 0 Å². The average molecular weight is 314 g/mol. The van der Waals surface area contributed by atoms with E-state index in [0.717, 1.165) is 32.8 Å². The summed E-state index contributed by atoms with van der Waals surface area (Å²) < 4.78 is 1.04. The van der Waals surface area contributed by atoms with E-state index in [4.69, 9.17) is 5.73 Å². The number of aromatic amines is 1. The van der Waals surface area contributed by atoms with Gasteiger partial charge in [-0.15, -0.1) is 0 Å². The Labute approximate surface area is 119 Å². The molecule has 3 aromatic rings. The molecular formula is C15H12BrN3. The number of rotatable bonds is 2.